The van der Waals surface area contributed by atoms with Crippen molar-refractivity contribution >= 4 is 12.2 Å². The van der Waals surface area contributed by atoms with Crippen LogP contribution in [0.25, 0.3) is 23.4 Å². The van der Waals surface area contributed by atoms with Gasteiger partial charge in [0.2, 0.25) is 0 Å². The molecule has 2 nitrogen and oxygen atoms in total. The summed E-state index contributed by atoms with van der Waals surface area (Å²) in [5.74, 6) is 0. The lowest BCUT2D eigenvalue weighted by molar-refractivity contribution is 1.27. The van der Waals surface area contributed by atoms with Gasteiger partial charge in [-0.1, -0.05) is 78.9 Å². The van der Waals surface area contributed by atoms with Crippen LogP contribution in [0.1, 0.15) is 16.7 Å². The predicted octanol–water partition coefficient (Wildman–Crippen LogP) is 6.31. The zero-order valence-corrected chi connectivity index (χ0v) is 15.4. The molecule has 2 aromatic heterocycles. The first-order valence-electron chi connectivity index (χ1n) is 8.93. The van der Waals surface area contributed by atoms with Crippen molar-refractivity contribution in [1.29, 1.82) is 0 Å². The Morgan fingerprint density at radius 3 is 2.11 bits per heavy atom. The third-order valence-corrected chi connectivity index (χ3v) is 3.97. The molecule has 0 amide bonds. The molecule has 0 aliphatic rings. The molecule has 0 atom stereocenters. The maximum Gasteiger partial charge on any atom is 0.0707 e. The van der Waals surface area contributed by atoms with Gasteiger partial charge >= 0.3 is 0 Å². The number of hydrogen-bond acceptors (Lipinski definition) is 2. The predicted molar refractivity (Wildman–Crippen MR) is 114 cm³/mol. The van der Waals surface area contributed by atoms with Crippen molar-refractivity contribution in [2.45, 2.75) is 6.92 Å². The molecule has 0 aliphatic carbocycles. The van der Waals surface area contributed by atoms with E-state index in [1.54, 1.807) is 6.20 Å². The molecule has 0 saturated heterocycles. The lowest BCUT2D eigenvalue weighted by Gasteiger charge is -2.05. The first kappa shape index (κ1) is 18.3. The highest BCUT2D eigenvalue weighted by Crippen LogP contribution is 2.23. The molecule has 4 rings (SSSR count). The van der Waals surface area contributed by atoms with Gasteiger partial charge in [0.1, 0.15) is 0 Å². The van der Waals surface area contributed by atoms with Crippen molar-refractivity contribution in [1.82, 2.24) is 9.97 Å². The summed E-state index contributed by atoms with van der Waals surface area (Å²) < 4.78 is 0. The summed E-state index contributed by atoms with van der Waals surface area (Å²) in [5, 5.41) is 0. The molecular formula is C25H22N2. The Morgan fingerprint density at radius 2 is 1.44 bits per heavy atom. The molecule has 0 radical (unpaired) electrons. The first-order chi connectivity index (χ1) is 13.3. The van der Waals surface area contributed by atoms with Gasteiger partial charge in [0.25, 0.3) is 0 Å². The van der Waals surface area contributed by atoms with Crippen LogP contribution in [-0.2, 0) is 0 Å². The van der Waals surface area contributed by atoms with Crippen LogP contribution < -0.4 is 0 Å². The minimum Gasteiger partial charge on any atom is -0.264 e. The van der Waals surface area contributed by atoms with Crippen LogP contribution in [0.2, 0.25) is 0 Å². The Hall–Kier alpha value is -3.52. The minimum absolute atomic E-state index is 1.00. The van der Waals surface area contributed by atoms with Crippen LogP contribution in [0.4, 0.5) is 0 Å². The molecular weight excluding hydrogens is 328 g/mol. The monoisotopic (exact) mass is 350 g/mol. The normalized spacial score (nSPS) is 10.3. The Bertz CT molecular complexity index is 963. The lowest BCUT2D eigenvalue weighted by Crippen LogP contribution is -1.85. The molecule has 2 heteroatoms. The highest BCUT2D eigenvalue weighted by Gasteiger charge is 2.02. The number of nitrogens with zero attached hydrogens (tertiary/aromatic N) is 2. The van der Waals surface area contributed by atoms with Crippen LogP contribution >= 0.6 is 0 Å². The Labute approximate surface area is 160 Å². The molecule has 0 saturated carbocycles. The highest BCUT2D eigenvalue weighted by atomic mass is 14.7. The molecule has 0 fully saturated rings. The number of benzene rings is 2. The van der Waals surface area contributed by atoms with Gasteiger partial charge in [0, 0.05) is 24.2 Å². The van der Waals surface area contributed by atoms with Crippen LogP contribution in [-0.4, -0.2) is 9.97 Å². The summed E-state index contributed by atoms with van der Waals surface area (Å²) in [4.78, 5) is 8.32. The summed E-state index contributed by atoms with van der Waals surface area (Å²) >= 11 is 0. The highest BCUT2D eigenvalue weighted by molar-refractivity contribution is 5.79. The molecule has 0 N–H and O–H groups in total. The van der Waals surface area contributed by atoms with Gasteiger partial charge in [-0.05, 0) is 41.8 Å². The van der Waals surface area contributed by atoms with Crippen LogP contribution in [0.5, 0.6) is 0 Å². The molecule has 2 aromatic carbocycles. The van der Waals surface area contributed by atoms with Gasteiger partial charge in [-0.25, -0.2) is 0 Å². The first-order valence-corrected chi connectivity index (χ1v) is 8.93. The number of rotatable bonds is 3. The maximum absolute atomic E-state index is 4.43. The quantitative estimate of drug-likeness (QED) is 0.405. The van der Waals surface area contributed by atoms with Gasteiger partial charge in [-0.15, -0.1) is 0 Å². The summed E-state index contributed by atoms with van der Waals surface area (Å²) in [6, 6.07) is 28.6. The van der Waals surface area contributed by atoms with E-state index in [1.807, 2.05) is 73.9 Å². The van der Waals surface area contributed by atoms with Crippen LogP contribution in [0.15, 0.2) is 104 Å². The maximum atomic E-state index is 4.43. The van der Waals surface area contributed by atoms with Gasteiger partial charge in [-0.2, -0.15) is 0 Å². The largest absolute Gasteiger partial charge is 0.264 e. The fraction of sp³-hybridized carbons (Fsp3) is 0.0400. The second-order valence-corrected chi connectivity index (χ2v) is 6.08. The van der Waals surface area contributed by atoms with E-state index in [4.69, 9.17) is 0 Å². The molecule has 0 unspecified atom stereocenters. The zero-order chi connectivity index (χ0) is 18.7. The van der Waals surface area contributed by atoms with E-state index in [-0.39, 0.29) is 0 Å². The third kappa shape index (κ3) is 5.75. The lowest BCUT2D eigenvalue weighted by atomic mass is 10.0. The zero-order valence-electron chi connectivity index (χ0n) is 15.4. The van der Waals surface area contributed by atoms with Crippen molar-refractivity contribution in [3.05, 3.63) is 120 Å². The van der Waals surface area contributed by atoms with Crippen molar-refractivity contribution in [3.8, 4) is 11.3 Å². The van der Waals surface area contributed by atoms with E-state index in [0.717, 1.165) is 11.3 Å². The average Bonchev–Trinajstić information content (AvgIpc) is 2.75. The van der Waals surface area contributed by atoms with Gasteiger partial charge < -0.3 is 0 Å². The Morgan fingerprint density at radius 1 is 0.667 bits per heavy atom. The number of aryl methyl sites for hydroxylation is 1. The molecule has 27 heavy (non-hydrogen) atoms. The van der Waals surface area contributed by atoms with Crippen molar-refractivity contribution in [2.24, 2.45) is 0 Å². The Balaban J connectivity index is 0.000000253. The second-order valence-electron chi connectivity index (χ2n) is 6.08. The van der Waals surface area contributed by atoms with E-state index in [9.17, 15) is 0 Å². The SMILES string of the molecule is C(=Cc1ccccc1-c1ccccn1)c1ccccc1.Cc1cccnc1. The molecule has 132 valence electrons. The van der Waals surface area contributed by atoms with Gasteiger partial charge in [0.15, 0.2) is 0 Å². The second kappa shape index (κ2) is 9.83. The van der Waals surface area contributed by atoms with E-state index in [2.05, 4.69) is 52.5 Å². The van der Waals surface area contributed by atoms with E-state index in [0.29, 0.717) is 0 Å². The van der Waals surface area contributed by atoms with Crippen molar-refractivity contribution in [2.75, 3.05) is 0 Å². The summed E-state index contributed by atoms with van der Waals surface area (Å²) in [6.07, 6.45) is 9.70. The fourth-order valence-corrected chi connectivity index (χ4v) is 2.60. The molecule has 2 heterocycles. The van der Waals surface area contributed by atoms with E-state index in [1.165, 1.54) is 16.7 Å². The summed E-state index contributed by atoms with van der Waals surface area (Å²) in [5.41, 5.74) is 5.74. The van der Waals surface area contributed by atoms with Crippen molar-refractivity contribution < 1.29 is 0 Å². The number of hydrogen-bond donors (Lipinski definition) is 0. The molecule has 0 bridgehead atoms. The van der Waals surface area contributed by atoms with Gasteiger partial charge in [-0.3, -0.25) is 9.97 Å². The van der Waals surface area contributed by atoms with Crippen LogP contribution in [0.3, 0.4) is 0 Å². The van der Waals surface area contributed by atoms with Crippen LogP contribution in [0, 0.1) is 6.92 Å². The Kier molecular flexibility index (Phi) is 6.66. The van der Waals surface area contributed by atoms with Crippen molar-refractivity contribution in [3.63, 3.8) is 0 Å². The topological polar surface area (TPSA) is 25.8 Å². The number of pyridine rings is 2. The fourth-order valence-electron chi connectivity index (χ4n) is 2.60. The van der Waals surface area contributed by atoms with E-state index >= 15 is 0 Å². The average molecular weight is 350 g/mol. The summed E-state index contributed by atoms with van der Waals surface area (Å²) in [6.45, 7) is 2.02. The summed E-state index contributed by atoms with van der Waals surface area (Å²) in [7, 11) is 0. The van der Waals surface area contributed by atoms with E-state index < -0.39 is 0 Å². The minimum atomic E-state index is 1.00. The molecule has 4 aromatic rings. The molecule has 0 aliphatic heterocycles. The molecule has 0 spiro atoms. The van der Waals surface area contributed by atoms with Gasteiger partial charge in [0.05, 0.1) is 5.69 Å². The number of aromatic nitrogens is 2. The third-order valence-electron chi connectivity index (χ3n) is 3.97. The standard InChI is InChI=1S/C19H15N.C6H7N/c1-2-8-16(9-3-1)13-14-17-10-4-5-11-18(17)19-12-6-7-15-20-19;1-6-3-2-4-7-5-6/h1-15H;2-5H,1H3. The smallest absolute Gasteiger partial charge is 0.0707 e.